The first-order valence-corrected chi connectivity index (χ1v) is 6.96. The molecule has 18 heavy (non-hydrogen) atoms. The van der Waals surface area contributed by atoms with E-state index < -0.39 is 0 Å². The SMILES string of the molecule is CNCc1cccc(OC2CCC(C)C(C)C2)n1. The van der Waals surface area contributed by atoms with Gasteiger partial charge in [-0.1, -0.05) is 19.9 Å². The molecule has 1 saturated carbocycles. The number of hydrogen-bond donors (Lipinski definition) is 1. The van der Waals surface area contributed by atoms with Gasteiger partial charge in [0.2, 0.25) is 5.88 Å². The maximum absolute atomic E-state index is 6.02. The van der Waals surface area contributed by atoms with Crippen LogP contribution in [-0.4, -0.2) is 18.1 Å². The summed E-state index contributed by atoms with van der Waals surface area (Å²) in [5, 5.41) is 3.11. The van der Waals surface area contributed by atoms with Crippen LogP contribution in [0.5, 0.6) is 5.88 Å². The zero-order valence-corrected chi connectivity index (χ0v) is 11.6. The fraction of sp³-hybridized carbons (Fsp3) is 0.667. The molecule has 3 nitrogen and oxygen atoms in total. The predicted molar refractivity (Wildman–Crippen MR) is 73.6 cm³/mol. The van der Waals surface area contributed by atoms with Gasteiger partial charge in [-0.3, -0.25) is 0 Å². The number of pyridine rings is 1. The summed E-state index contributed by atoms with van der Waals surface area (Å²) < 4.78 is 6.02. The van der Waals surface area contributed by atoms with E-state index in [0.29, 0.717) is 6.10 Å². The van der Waals surface area contributed by atoms with Gasteiger partial charge < -0.3 is 10.1 Å². The highest BCUT2D eigenvalue weighted by Crippen LogP contribution is 2.31. The quantitative estimate of drug-likeness (QED) is 0.889. The molecular weight excluding hydrogens is 224 g/mol. The predicted octanol–water partition coefficient (Wildman–Crippen LogP) is 3.00. The van der Waals surface area contributed by atoms with Crippen LogP contribution in [0.25, 0.3) is 0 Å². The monoisotopic (exact) mass is 248 g/mol. The minimum absolute atomic E-state index is 0.341. The lowest BCUT2D eigenvalue weighted by Crippen LogP contribution is -2.29. The second kappa shape index (κ2) is 6.19. The molecule has 2 rings (SSSR count). The highest BCUT2D eigenvalue weighted by molar-refractivity contribution is 5.16. The molecule has 1 aromatic rings. The van der Waals surface area contributed by atoms with Crippen molar-refractivity contribution >= 4 is 0 Å². The first kappa shape index (κ1) is 13.3. The number of nitrogens with zero attached hydrogens (tertiary/aromatic N) is 1. The highest BCUT2D eigenvalue weighted by Gasteiger charge is 2.25. The van der Waals surface area contributed by atoms with Crippen LogP contribution < -0.4 is 10.1 Å². The van der Waals surface area contributed by atoms with Crippen molar-refractivity contribution in [3.8, 4) is 5.88 Å². The van der Waals surface area contributed by atoms with Gasteiger partial charge in [-0.25, -0.2) is 4.98 Å². The summed E-state index contributed by atoms with van der Waals surface area (Å²) in [4.78, 5) is 4.52. The minimum Gasteiger partial charge on any atom is -0.474 e. The van der Waals surface area contributed by atoms with Crippen LogP contribution in [0.1, 0.15) is 38.8 Å². The molecule has 0 saturated heterocycles. The van der Waals surface area contributed by atoms with E-state index in [-0.39, 0.29) is 0 Å². The summed E-state index contributed by atoms with van der Waals surface area (Å²) in [7, 11) is 1.93. The highest BCUT2D eigenvalue weighted by atomic mass is 16.5. The normalized spacial score (nSPS) is 28.1. The van der Waals surface area contributed by atoms with Crippen molar-refractivity contribution < 1.29 is 4.74 Å². The molecule has 100 valence electrons. The van der Waals surface area contributed by atoms with Crippen LogP contribution in [-0.2, 0) is 6.54 Å². The summed E-state index contributed by atoms with van der Waals surface area (Å²) in [5.74, 6) is 2.35. The fourth-order valence-electron chi connectivity index (χ4n) is 2.58. The maximum atomic E-state index is 6.02. The summed E-state index contributed by atoms with van der Waals surface area (Å²) in [6.07, 6.45) is 3.92. The molecule has 0 amide bonds. The smallest absolute Gasteiger partial charge is 0.213 e. The third-order valence-electron chi connectivity index (χ3n) is 3.98. The Hall–Kier alpha value is -1.09. The third kappa shape index (κ3) is 3.45. The number of nitrogens with one attached hydrogen (secondary N) is 1. The molecule has 1 aliphatic carbocycles. The minimum atomic E-state index is 0.341. The molecule has 1 aromatic heterocycles. The number of aromatic nitrogens is 1. The van der Waals surface area contributed by atoms with Crippen LogP contribution >= 0.6 is 0 Å². The van der Waals surface area contributed by atoms with Crippen LogP contribution in [0.15, 0.2) is 18.2 Å². The van der Waals surface area contributed by atoms with Crippen LogP contribution in [0.3, 0.4) is 0 Å². The van der Waals surface area contributed by atoms with Crippen LogP contribution in [0, 0.1) is 11.8 Å². The van der Waals surface area contributed by atoms with E-state index >= 15 is 0 Å². The lowest BCUT2D eigenvalue weighted by molar-refractivity contribution is 0.0962. The Morgan fingerprint density at radius 3 is 2.83 bits per heavy atom. The summed E-state index contributed by atoms with van der Waals surface area (Å²) in [5.41, 5.74) is 1.03. The van der Waals surface area contributed by atoms with Gasteiger partial charge in [-0.2, -0.15) is 0 Å². The Bertz CT molecular complexity index is 381. The molecule has 0 spiro atoms. The van der Waals surface area contributed by atoms with Gasteiger partial charge in [-0.05, 0) is 44.2 Å². The van der Waals surface area contributed by atoms with Crippen molar-refractivity contribution in [2.24, 2.45) is 11.8 Å². The summed E-state index contributed by atoms with van der Waals surface area (Å²) >= 11 is 0. The van der Waals surface area contributed by atoms with Gasteiger partial charge in [0.15, 0.2) is 0 Å². The Morgan fingerprint density at radius 1 is 1.28 bits per heavy atom. The zero-order valence-electron chi connectivity index (χ0n) is 11.6. The van der Waals surface area contributed by atoms with Gasteiger partial charge in [0, 0.05) is 12.6 Å². The second-order valence-corrected chi connectivity index (χ2v) is 5.50. The number of hydrogen-bond acceptors (Lipinski definition) is 3. The van der Waals surface area contributed by atoms with E-state index in [0.717, 1.165) is 42.8 Å². The average molecular weight is 248 g/mol. The molecule has 1 aliphatic rings. The molecule has 1 fully saturated rings. The molecule has 3 heteroatoms. The molecular formula is C15H24N2O. The topological polar surface area (TPSA) is 34.1 Å². The van der Waals surface area contributed by atoms with E-state index in [1.54, 1.807) is 0 Å². The Morgan fingerprint density at radius 2 is 2.11 bits per heavy atom. The lowest BCUT2D eigenvalue weighted by Gasteiger charge is -2.31. The Balaban J connectivity index is 1.94. The van der Waals surface area contributed by atoms with E-state index in [1.165, 1.54) is 6.42 Å². The van der Waals surface area contributed by atoms with Gasteiger partial charge in [0.1, 0.15) is 6.10 Å². The standard InChI is InChI=1S/C15H24N2O/c1-11-7-8-14(9-12(11)2)18-15-6-4-5-13(17-15)10-16-3/h4-6,11-12,14,16H,7-10H2,1-3H3. The van der Waals surface area contributed by atoms with Crippen LogP contribution in [0.2, 0.25) is 0 Å². The van der Waals surface area contributed by atoms with Crippen molar-refractivity contribution in [3.63, 3.8) is 0 Å². The fourth-order valence-corrected chi connectivity index (χ4v) is 2.58. The van der Waals surface area contributed by atoms with E-state index in [1.807, 2.05) is 25.2 Å². The maximum Gasteiger partial charge on any atom is 0.213 e. The van der Waals surface area contributed by atoms with Gasteiger partial charge >= 0.3 is 0 Å². The van der Waals surface area contributed by atoms with Crippen LogP contribution in [0.4, 0.5) is 0 Å². The van der Waals surface area contributed by atoms with Crippen molar-refractivity contribution in [2.75, 3.05) is 7.05 Å². The second-order valence-electron chi connectivity index (χ2n) is 5.50. The first-order chi connectivity index (χ1) is 8.69. The van der Waals surface area contributed by atoms with E-state index in [9.17, 15) is 0 Å². The number of ether oxygens (including phenoxy) is 1. The molecule has 3 atom stereocenters. The lowest BCUT2D eigenvalue weighted by atomic mass is 9.80. The zero-order chi connectivity index (χ0) is 13.0. The molecule has 0 bridgehead atoms. The van der Waals surface area contributed by atoms with E-state index in [2.05, 4.69) is 24.1 Å². The number of rotatable bonds is 4. The van der Waals surface area contributed by atoms with Crippen molar-refractivity contribution in [3.05, 3.63) is 23.9 Å². The average Bonchev–Trinajstić information content (AvgIpc) is 2.35. The van der Waals surface area contributed by atoms with Crippen molar-refractivity contribution in [1.29, 1.82) is 0 Å². The van der Waals surface area contributed by atoms with E-state index in [4.69, 9.17) is 4.74 Å². The summed E-state index contributed by atoms with van der Waals surface area (Å²) in [6.45, 7) is 5.45. The first-order valence-electron chi connectivity index (χ1n) is 6.96. The van der Waals surface area contributed by atoms with Gasteiger partial charge in [0.05, 0.1) is 5.69 Å². The molecule has 0 radical (unpaired) electrons. The molecule has 1 N–H and O–H groups in total. The Kier molecular flexibility index (Phi) is 4.59. The van der Waals surface area contributed by atoms with Gasteiger partial charge in [0.25, 0.3) is 0 Å². The molecule has 3 unspecified atom stereocenters. The van der Waals surface area contributed by atoms with Crippen molar-refractivity contribution in [2.45, 2.75) is 45.8 Å². The summed E-state index contributed by atoms with van der Waals surface area (Å²) in [6, 6.07) is 6.00. The molecule has 0 aliphatic heterocycles. The third-order valence-corrected chi connectivity index (χ3v) is 3.98. The van der Waals surface area contributed by atoms with Crippen molar-refractivity contribution in [1.82, 2.24) is 10.3 Å². The largest absolute Gasteiger partial charge is 0.474 e. The molecule has 0 aromatic carbocycles. The molecule has 1 heterocycles. The van der Waals surface area contributed by atoms with Gasteiger partial charge in [-0.15, -0.1) is 0 Å². The Labute approximate surface area is 110 Å².